The van der Waals surface area contributed by atoms with E-state index in [1.807, 2.05) is 25.7 Å². The summed E-state index contributed by atoms with van der Waals surface area (Å²) in [7, 11) is 0. The van der Waals surface area contributed by atoms with Crippen LogP contribution >= 0.6 is 11.6 Å². The fraction of sp³-hybridized carbons (Fsp3) is 0.318. The fourth-order valence-electron chi connectivity index (χ4n) is 3.15. The maximum atomic E-state index is 14.6. The van der Waals surface area contributed by atoms with E-state index in [1.54, 1.807) is 24.5 Å². The molecule has 32 heavy (non-hydrogen) atoms. The van der Waals surface area contributed by atoms with E-state index in [1.165, 1.54) is 6.07 Å². The van der Waals surface area contributed by atoms with Gasteiger partial charge in [-0.3, -0.25) is 0 Å². The molecule has 1 aromatic carbocycles. The first-order valence-corrected chi connectivity index (χ1v) is 10.5. The monoisotopic (exact) mass is 456 g/mol. The van der Waals surface area contributed by atoms with Gasteiger partial charge in [-0.2, -0.15) is 4.98 Å². The van der Waals surface area contributed by atoms with Crippen LogP contribution in [0.4, 0.5) is 10.3 Å². The van der Waals surface area contributed by atoms with Gasteiger partial charge in [0.1, 0.15) is 23.3 Å². The highest BCUT2D eigenvalue weighted by Gasteiger charge is 2.21. The Labute approximate surface area is 189 Å². The first-order valence-electron chi connectivity index (χ1n) is 10.1. The topological polar surface area (TPSA) is 90.1 Å². The Balaban J connectivity index is 0.000000354. The summed E-state index contributed by atoms with van der Waals surface area (Å²) < 4.78 is 24.4. The molecule has 0 aliphatic carbocycles. The molecule has 0 bridgehead atoms. The fourth-order valence-corrected chi connectivity index (χ4v) is 3.31. The van der Waals surface area contributed by atoms with Gasteiger partial charge in [0.2, 0.25) is 5.95 Å². The molecule has 1 fully saturated rings. The number of hydrogen-bond donors (Lipinski definition) is 0. The molecule has 0 saturated carbocycles. The SMILES string of the molecule is Cc1ccon1.Cc1nc2nc(N3CCOCC3)nc(-c3ccc(Cl)cc3F)c2nc1C. The molecule has 10 heteroatoms. The number of anilines is 1. The molecule has 1 aliphatic heterocycles. The molecule has 8 nitrogen and oxygen atoms in total. The van der Waals surface area contributed by atoms with Crippen molar-refractivity contribution < 1.29 is 13.7 Å². The summed E-state index contributed by atoms with van der Waals surface area (Å²) in [5, 5.41) is 3.87. The molecular formula is C22H22ClFN6O2. The van der Waals surface area contributed by atoms with Gasteiger partial charge >= 0.3 is 0 Å². The predicted molar refractivity (Wildman–Crippen MR) is 119 cm³/mol. The standard InChI is InChI=1S/C18H17ClFN5O.C4H5NO/c1-10-11(2)22-17-16(21-10)15(13-4-3-12(19)9-14(13)20)23-18(24-17)25-5-7-26-8-6-25;1-4-2-3-6-5-4/h3-4,9H,5-8H2,1-2H3;2-3H,1H3. The summed E-state index contributed by atoms with van der Waals surface area (Å²) in [5.74, 6) is 0.0492. The minimum Gasteiger partial charge on any atom is -0.378 e. The lowest BCUT2D eigenvalue weighted by atomic mass is 10.1. The van der Waals surface area contributed by atoms with Crippen molar-refractivity contribution in [1.29, 1.82) is 0 Å². The molecule has 0 amide bonds. The van der Waals surface area contributed by atoms with Gasteiger partial charge in [0.25, 0.3) is 0 Å². The molecule has 0 spiro atoms. The predicted octanol–water partition coefficient (Wildman–Crippen LogP) is 4.32. The second kappa shape index (κ2) is 9.54. The van der Waals surface area contributed by atoms with Crippen LogP contribution in [0.5, 0.6) is 0 Å². The number of halogens is 2. The van der Waals surface area contributed by atoms with E-state index in [0.717, 1.165) is 17.1 Å². The highest BCUT2D eigenvalue weighted by Crippen LogP contribution is 2.30. The van der Waals surface area contributed by atoms with Crippen LogP contribution < -0.4 is 4.90 Å². The number of hydrogen-bond acceptors (Lipinski definition) is 8. The van der Waals surface area contributed by atoms with Crippen molar-refractivity contribution in [3.05, 3.63) is 58.5 Å². The molecule has 166 valence electrons. The van der Waals surface area contributed by atoms with Crippen molar-refractivity contribution in [1.82, 2.24) is 25.1 Å². The Morgan fingerprint density at radius 2 is 1.72 bits per heavy atom. The molecular weight excluding hydrogens is 435 g/mol. The Morgan fingerprint density at radius 3 is 2.34 bits per heavy atom. The molecule has 4 heterocycles. The van der Waals surface area contributed by atoms with Gasteiger partial charge in [-0.15, -0.1) is 0 Å². The lowest BCUT2D eigenvalue weighted by Gasteiger charge is -2.27. The summed E-state index contributed by atoms with van der Waals surface area (Å²) in [6, 6.07) is 6.32. The number of morpholine rings is 1. The molecule has 4 aromatic rings. The third-order valence-electron chi connectivity index (χ3n) is 4.98. The normalized spacial score (nSPS) is 13.7. The van der Waals surface area contributed by atoms with E-state index in [4.69, 9.17) is 16.3 Å². The van der Waals surface area contributed by atoms with Gasteiger partial charge in [-0.05, 0) is 39.0 Å². The zero-order chi connectivity index (χ0) is 22.7. The smallest absolute Gasteiger partial charge is 0.228 e. The van der Waals surface area contributed by atoms with Crippen molar-refractivity contribution >= 4 is 28.7 Å². The van der Waals surface area contributed by atoms with Crippen LogP contribution in [0.2, 0.25) is 5.02 Å². The average molecular weight is 457 g/mol. The number of fused-ring (bicyclic) bond motifs is 1. The first kappa shape index (κ1) is 22.0. The number of benzene rings is 1. The van der Waals surface area contributed by atoms with Gasteiger partial charge < -0.3 is 14.2 Å². The summed E-state index contributed by atoms with van der Waals surface area (Å²) in [4.78, 5) is 20.3. The van der Waals surface area contributed by atoms with Crippen molar-refractivity contribution in [2.75, 3.05) is 31.2 Å². The van der Waals surface area contributed by atoms with E-state index in [-0.39, 0.29) is 0 Å². The third kappa shape index (κ3) is 4.84. The first-order chi connectivity index (χ1) is 15.4. The maximum Gasteiger partial charge on any atom is 0.228 e. The molecule has 1 aliphatic rings. The second-order valence-corrected chi connectivity index (χ2v) is 7.74. The van der Waals surface area contributed by atoms with Gasteiger partial charge in [0, 0.05) is 29.7 Å². The molecule has 0 N–H and O–H groups in total. The highest BCUT2D eigenvalue weighted by molar-refractivity contribution is 6.30. The van der Waals surface area contributed by atoms with E-state index < -0.39 is 5.82 Å². The minimum atomic E-state index is -0.453. The number of aryl methyl sites for hydroxylation is 3. The molecule has 3 aromatic heterocycles. The summed E-state index contributed by atoms with van der Waals surface area (Å²) in [6.07, 6.45) is 1.55. The van der Waals surface area contributed by atoms with Gasteiger partial charge in [0.15, 0.2) is 5.65 Å². The van der Waals surface area contributed by atoms with Crippen LogP contribution in [0.3, 0.4) is 0 Å². The van der Waals surface area contributed by atoms with Crippen LogP contribution in [0, 0.1) is 26.6 Å². The number of nitrogens with zero attached hydrogens (tertiary/aromatic N) is 6. The molecule has 0 atom stereocenters. The second-order valence-electron chi connectivity index (χ2n) is 7.30. The van der Waals surface area contributed by atoms with Crippen LogP contribution in [0.15, 0.2) is 35.1 Å². The number of rotatable bonds is 2. The Hall–Kier alpha value is -3.17. The van der Waals surface area contributed by atoms with Crippen LogP contribution in [0.1, 0.15) is 17.1 Å². The lowest BCUT2D eigenvalue weighted by Crippen LogP contribution is -2.37. The molecule has 1 saturated heterocycles. The number of ether oxygens (including phenoxy) is 1. The largest absolute Gasteiger partial charge is 0.378 e. The van der Waals surface area contributed by atoms with E-state index in [2.05, 4.69) is 29.6 Å². The lowest BCUT2D eigenvalue weighted by molar-refractivity contribution is 0.122. The summed E-state index contributed by atoms with van der Waals surface area (Å²) in [5.41, 5.74) is 4.15. The Kier molecular flexibility index (Phi) is 6.57. The highest BCUT2D eigenvalue weighted by atomic mass is 35.5. The van der Waals surface area contributed by atoms with Gasteiger partial charge in [-0.25, -0.2) is 19.3 Å². The molecule has 0 radical (unpaired) electrons. The quantitative estimate of drug-likeness (QED) is 0.440. The minimum absolute atomic E-state index is 0.328. The molecule has 0 unspecified atom stereocenters. The van der Waals surface area contributed by atoms with E-state index in [0.29, 0.717) is 59.7 Å². The van der Waals surface area contributed by atoms with Crippen molar-refractivity contribution in [3.63, 3.8) is 0 Å². The van der Waals surface area contributed by atoms with E-state index in [9.17, 15) is 4.39 Å². The van der Waals surface area contributed by atoms with Crippen LogP contribution in [-0.2, 0) is 4.74 Å². The van der Waals surface area contributed by atoms with Crippen molar-refractivity contribution in [3.8, 4) is 11.3 Å². The van der Waals surface area contributed by atoms with Gasteiger partial charge in [-0.1, -0.05) is 16.8 Å². The molecule has 5 rings (SSSR count). The average Bonchev–Trinajstić information content (AvgIpc) is 3.26. The van der Waals surface area contributed by atoms with Gasteiger partial charge in [0.05, 0.1) is 30.3 Å². The number of aromatic nitrogens is 5. The van der Waals surface area contributed by atoms with Crippen molar-refractivity contribution in [2.45, 2.75) is 20.8 Å². The van der Waals surface area contributed by atoms with Crippen LogP contribution in [0.25, 0.3) is 22.4 Å². The zero-order valence-corrected chi connectivity index (χ0v) is 18.7. The van der Waals surface area contributed by atoms with Crippen LogP contribution in [-0.4, -0.2) is 51.4 Å². The Bertz CT molecular complexity index is 1230. The van der Waals surface area contributed by atoms with E-state index >= 15 is 0 Å². The zero-order valence-electron chi connectivity index (χ0n) is 18.0. The third-order valence-corrected chi connectivity index (χ3v) is 5.21. The Morgan fingerprint density at radius 1 is 0.969 bits per heavy atom. The van der Waals surface area contributed by atoms with Crippen molar-refractivity contribution in [2.24, 2.45) is 0 Å². The summed E-state index contributed by atoms with van der Waals surface area (Å²) in [6.45, 7) is 8.16. The summed E-state index contributed by atoms with van der Waals surface area (Å²) >= 11 is 5.90. The maximum absolute atomic E-state index is 14.6.